The summed E-state index contributed by atoms with van der Waals surface area (Å²) in [7, 11) is 0. The molecule has 142 valence electrons. The summed E-state index contributed by atoms with van der Waals surface area (Å²) < 4.78 is 14.8. The zero-order valence-electron chi connectivity index (χ0n) is 16.6. The number of hydrogen-bond acceptors (Lipinski definition) is 3. The average Bonchev–Trinajstić information content (AvgIpc) is 3.23. The van der Waals surface area contributed by atoms with Gasteiger partial charge in [-0.1, -0.05) is 37.5 Å². The highest BCUT2D eigenvalue weighted by Crippen LogP contribution is 2.33. The van der Waals surface area contributed by atoms with Crippen LogP contribution in [0.1, 0.15) is 54.9 Å². The summed E-state index contributed by atoms with van der Waals surface area (Å²) in [5.41, 5.74) is 5.47. The summed E-state index contributed by atoms with van der Waals surface area (Å²) in [6, 6.07) is 4.54. The Balaban J connectivity index is 1.74. The molecule has 0 bridgehead atoms. The van der Waals surface area contributed by atoms with Crippen LogP contribution in [0.5, 0.6) is 0 Å². The third-order valence-electron chi connectivity index (χ3n) is 5.37. The molecule has 1 aliphatic heterocycles. The van der Waals surface area contributed by atoms with Crippen LogP contribution in [0.2, 0.25) is 0 Å². The lowest BCUT2D eigenvalue weighted by molar-refractivity contribution is -0.182. The maximum absolute atomic E-state index is 6.48. The molecule has 1 saturated heterocycles. The number of aromatic nitrogens is 2. The molecule has 1 aromatic heterocycles. The fourth-order valence-corrected chi connectivity index (χ4v) is 4.06. The van der Waals surface area contributed by atoms with E-state index in [1.807, 2.05) is 18.7 Å². The number of nitrogens with zero attached hydrogens (tertiary/aromatic N) is 2. The summed E-state index contributed by atoms with van der Waals surface area (Å²) in [6.45, 7) is 10.2. The minimum Gasteiger partial charge on any atom is -0.345 e. The van der Waals surface area contributed by atoms with Gasteiger partial charge in [0.2, 0.25) is 0 Å². The molecule has 0 aliphatic carbocycles. The maximum Gasteiger partial charge on any atom is 0.187 e. The molecule has 26 heavy (non-hydrogen) atoms. The van der Waals surface area contributed by atoms with Gasteiger partial charge in [-0.05, 0) is 50.3 Å². The zero-order valence-corrected chi connectivity index (χ0v) is 16.6. The van der Waals surface area contributed by atoms with Gasteiger partial charge in [0.15, 0.2) is 5.79 Å². The van der Waals surface area contributed by atoms with Gasteiger partial charge in [0.25, 0.3) is 0 Å². The summed E-state index contributed by atoms with van der Waals surface area (Å²) >= 11 is 0. The summed E-state index contributed by atoms with van der Waals surface area (Å²) in [5, 5.41) is 0. The van der Waals surface area contributed by atoms with E-state index in [4.69, 9.17) is 9.47 Å². The van der Waals surface area contributed by atoms with E-state index < -0.39 is 5.79 Å². The lowest BCUT2D eigenvalue weighted by Crippen LogP contribution is -2.36. The summed E-state index contributed by atoms with van der Waals surface area (Å²) in [5.74, 6) is -0.553. The van der Waals surface area contributed by atoms with Gasteiger partial charge >= 0.3 is 0 Å². The van der Waals surface area contributed by atoms with Crippen molar-refractivity contribution in [3.05, 3.63) is 53.1 Å². The first-order valence-corrected chi connectivity index (χ1v) is 9.85. The van der Waals surface area contributed by atoms with Crippen molar-refractivity contribution in [3.63, 3.8) is 0 Å². The first-order chi connectivity index (χ1) is 12.5. The molecule has 2 heterocycles. The molecular weight excluding hydrogens is 324 g/mol. The smallest absolute Gasteiger partial charge is 0.187 e. The average molecular weight is 357 g/mol. The Morgan fingerprint density at radius 3 is 2.65 bits per heavy atom. The van der Waals surface area contributed by atoms with Crippen molar-refractivity contribution in [3.8, 4) is 0 Å². The molecule has 0 N–H and O–H groups in total. The van der Waals surface area contributed by atoms with Crippen LogP contribution >= 0.6 is 0 Å². The molecule has 4 heteroatoms. The Hall–Kier alpha value is -1.65. The quantitative estimate of drug-likeness (QED) is 0.685. The van der Waals surface area contributed by atoms with E-state index in [1.54, 1.807) is 0 Å². The SMILES string of the molecule is CCCCC1COC(CCc2c(C)cc(C)cc2C)(Cn2ccnc2)O1. The van der Waals surface area contributed by atoms with Crippen LogP contribution in [-0.4, -0.2) is 28.0 Å². The van der Waals surface area contributed by atoms with E-state index in [-0.39, 0.29) is 6.10 Å². The minimum absolute atomic E-state index is 0.207. The predicted molar refractivity (Wildman–Crippen MR) is 104 cm³/mol. The van der Waals surface area contributed by atoms with Crippen molar-refractivity contribution < 1.29 is 9.47 Å². The normalized spacial score (nSPS) is 22.8. The van der Waals surface area contributed by atoms with Crippen molar-refractivity contribution in [2.45, 2.75) is 78.2 Å². The van der Waals surface area contributed by atoms with E-state index in [0.29, 0.717) is 13.2 Å². The van der Waals surface area contributed by atoms with Crippen LogP contribution in [0.25, 0.3) is 0 Å². The Bertz CT molecular complexity index is 688. The molecule has 3 rings (SSSR count). The monoisotopic (exact) mass is 356 g/mol. The van der Waals surface area contributed by atoms with Gasteiger partial charge in [0.1, 0.15) is 0 Å². The lowest BCUT2D eigenvalue weighted by atomic mass is 9.94. The lowest BCUT2D eigenvalue weighted by Gasteiger charge is -2.29. The van der Waals surface area contributed by atoms with Gasteiger partial charge in [-0.3, -0.25) is 0 Å². The Morgan fingerprint density at radius 2 is 2.00 bits per heavy atom. The zero-order chi connectivity index (χ0) is 18.6. The highest BCUT2D eigenvalue weighted by Gasteiger charge is 2.41. The topological polar surface area (TPSA) is 36.3 Å². The molecule has 2 atom stereocenters. The number of aryl methyl sites for hydroxylation is 3. The van der Waals surface area contributed by atoms with Crippen molar-refractivity contribution in [1.82, 2.24) is 9.55 Å². The van der Waals surface area contributed by atoms with E-state index >= 15 is 0 Å². The number of ether oxygens (including phenoxy) is 2. The van der Waals surface area contributed by atoms with Crippen LogP contribution in [0.4, 0.5) is 0 Å². The van der Waals surface area contributed by atoms with Crippen molar-refractivity contribution >= 4 is 0 Å². The Labute approximate surface area is 157 Å². The molecule has 0 amide bonds. The molecule has 0 spiro atoms. The van der Waals surface area contributed by atoms with Gasteiger partial charge in [-0.25, -0.2) is 4.98 Å². The molecule has 1 aromatic carbocycles. The summed E-state index contributed by atoms with van der Waals surface area (Å²) in [6.07, 6.45) is 11.1. The second-order valence-electron chi connectivity index (χ2n) is 7.72. The largest absolute Gasteiger partial charge is 0.345 e. The molecule has 1 fully saturated rings. The number of benzene rings is 1. The van der Waals surface area contributed by atoms with E-state index in [2.05, 4.69) is 49.4 Å². The van der Waals surface area contributed by atoms with Crippen LogP contribution < -0.4 is 0 Å². The van der Waals surface area contributed by atoms with Crippen LogP contribution in [0, 0.1) is 20.8 Å². The number of imidazole rings is 1. The maximum atomic E-state index is 6.48. The second-order valence-corrected chi connectivity index (χ2v) is 7.72. The standard InChI is InChI=1S/C22H32N2O2/c1-5-6-7-20-14-25-22(26-20,15-24-11-10-23-16-24)9-8-21-18(3)12-17(2)13-19(21)4/h10-13,16,20H,5-9,14-15H2,1-4H3. The second kappa shape index (κ2) is 8.36. The highest BCUT2D eigenvalue weighted by molar-refractivity contribution is 5.37. The van der Waals surface area contributed by atoms with Crippen molar-refractivity contribution in [1.29, 1.82) is 0 Å². The molecule has 4 nitrogen and oxygen atoms in total. The third-order valence-corrected chi connectivity index (χ3v) is 5.37. The van der Waals surface area contributed by atoms with E-state index in [1.165, 1.54) is 35.1 Å². The fourth-order valence-electron chi connectivity index (χ4n) is 4.06. The van der Waals surface area contributed by atoms with E-state index in [0.717, 1.165) is 19.3 Å². The molecule has 2 unspecified atom stereocenters. The third kappa shape index (κ3) is 4.54. The van der Waals surface area contributed by atoms with Crippen LogP contribution in [-0.2, 0) is 22.4 Å². The molecule has 0 radical (unpaired) electrons. The van der Waals surface area contributed by atoms with E-state index in [9.17, 15) is 0 Å². The van der Waals surface area contributed by atoms with Gasteiger partial charge in [-0.15, -0.1) is 0 Å². The minimum atomic E-state index is -0.553. The Morgan fingerprint density at radius 1 is 1.23 bits per heavy atom. The van der Waals surface area contributed by atoms with Gasteiger partial charge in [0, 0.05) is 18.8 Å². The molecule has 1 aliphatic rings. The highest BCUT2D eigenvalue weighted by atomic mass is 16.7. The predicted octanol–water partition coefficient (Wildman–Crippen LogP) is 4.74. The number of hydrogen-bond donors (Lipinski definition) is 0. The first-order valence-electron chi connectivity index (χ1n) is 9.85. The summed E-state index contributed by atoms with van der Waals surface area (Å²) in [4.78, 5) is 4.17. The van der Waals surface area contributed by atoms with Crippen molar-refractivity contribution in [2.75, 3.05) is 6.61 Å². The van der Waals surface area contributed by atoms with Gasteiger partial charge < -0.3 is 14.0 Å². The first kappa shape index (κ1) is 19.1. The van der Waals surface area contributed by atoms with Gasteiger partial charge in [-0.2, -0.15) is 0 Å². The van der Waals surface area contributed by atoms with Crippen LogP contribution in [0.3, 0.4) is 0 Å². The fraction of sp³-hybridized carbons (Fsp3) is 0.591. The van der Waals surface area contributed by atoms with Gasteiger partial charge in [0.05, 0.1) is 25.6 Å². The molecule has 0 saturated carbocycles. The molecule has 2 aromatic rings. The Kier molecular flexibility index (Phi) is 6.15. The number of unbranched alkanes of at least 4 members (excludes halogenated alkanes) is 1. The number of rotatable bonds is 8. The van der Waals surface area contributed by atoms with Crippen LogP contribution in [0.15, 0.2) is 30.9 Å². The van der Waals surface area contributed by atoms with Crippen molar-refractivity contribution in [2.24, 2.45) is 0 Å². The molecular formula is C22H32N2O2.